The molecule has 6 heteroatoms. The Morgan fingerprint density at radius 3 is 2.64 bits per heavy atom. The second kappa shape index (κ2) is 4.75. The predicted octanol–water partition coefficient (Wildman–Crippen LogP) is 3.42. The summed E-state index contributed by atoms with van der Waals surface area (Å²) in [6.45, 7) is 0. The lowest BCUT2D eigenvalue weighted by Crippen LogP contribution is -1.98. The topological polar surface area (TPSA) is 22.1 Å². The van der Waals surface area contributed by atoms with Crippen molar-refractivity contribution >= 4 is 23.2 Å². The summed E-state index contributed by atoms with van der Waals surface area (Å²) in [4.78, 5) is 3.71. The van der Waals surface area contributed by atoms with Crippen LogP contribution in [0.15, 0.2) is 6.07 Å². The summed E-state index contributed by atoms with van der Waals surface area (Å²) in [5.74, 6) is 0.284. The minimum atomic E-state index is -2.67. The summed E-state index contributed by atoms with van der Waals surface area (Å²) in [7, 11) is 1.36. The third kappa shape index (κ3) is 2.25. The lowest BCUT2D eigenvalue weighted by atomic mass is 10.2. The maximum atomic E-state index is 12.4. The van der Waals surface area contributed by atoms with Gasteiger partial charge in [-0.1, -0.05) is 11.6 Å². The summed E-state index contributed by atoms with van der Waals surface area (Å²) < 4.78 is 29.6. The fraction of sp³-hybridized carbons (Fsp3) is 0.375. The van der Waals surface area contributed by atoms with Crippen LogP contribution in [0.2, 0.25) is 5.15 Å². The number of methoxy groups -OCH3 is 1. The molecule has 0 amide bonds. The molecule has 0 aromatic carbocycles. The lowest BCUT2D eigenvalue weighted by Gasteiger charge is -2.09. The van der Waals surface area contributed by atoms with Gasteiger partial charge in [-0.15, -0.1) is 11.6 Å². The molecule has 0 radical (unpaired) electrons. The number of hydrogen-bond acceptors (Lipinski definition) is 2. The largest absolute Gasteiger partial charge is 0.495 e. The van der Waals surface area contributed by atoms with E-state index in [4.69, 9.17) is 27.9 Å². The molecule has 0 saturated carbocycles. The van der Waals surface area contributed by atoms with E-state index in [-0.39, 0.29) is 22.3 Å². The normalized spacial score (nSPS) is 10.7. The van der Waals surface area contributed by atoms with Crippen LogP contribution in [0.5, 0.6) is 5.75 Å². The summed E-state index contributed by atoms with van der Waals surface area (Å²) in [6, 6.07) is 1.15. The minimum absolute atomic E-state index is 0.0619. The van der Waals surface area contributed by atoms with E-state index >= 15 is 0 Å². The zero-order valence-electron chi connectivity index (χ0n) is 7.23. The van der Waals surface area contributed by atoms with E-state index in [1.165, 1.54) is 7.11 Å². The van der Waals surface area contributed by atoms with E-state index in [1.54, 1.807) is 0 Å². The van der Waals surface area contributed by atoms with Gasteiger partial charge in [0, 0.05) is 0 Å². The Kier molecular flexibility index (Phi) is 3.89. The Morgan fingerprint density at radius 1 is 1.57 bits per heavy atom. The van der Waals surface area contributed by atoms with Crippen molar-refractivity contribution in [3.63, 3.8) is 0 Å². The zero-order chi connectivity index (χ0) is 10.7. The smallest absolute Gasteiger partial charge is 0.266 e. The number of alkyl halides is 3. The first-order chi connectivity index (χ1) is 6.60. The minimum Gasteiger partial charge on any atom is -0.495 e. The molecule has 0 aliphatic rings. The van der Waals surface area contributed by atoms with Gasteiger partial charge in [0.1, 0.15) is 10.9 Å². The first kappa shape index (κ1) is 11.5. The van der Waals surface area contributed by atoms with Crippen LogP contribution in [-0.4, -0.2) is 12.1 Å². The highest BCUT2D eigenvalue weighted by atomic mass is 35.5. The standard InChI is InChI=1S/C8H7Cl2F2NO/c1-14-6-2-4(8(11)12)7(10)13-5(6)3-9/h2,8H,3H2,1H3. The first-order valence-corrected chi connectivity index (χ1v) is 4.58. The molecule has 2 nitrogen and oxygen atoms in total. The number of nitrogens with zero attached hydrogens (tertiary/aromatic N) is 1. The van der Waals surface area contributed by atoms with Gasteiger partial charge in [0.05, 0.1) is 24.2 Å². The van der Waals surface area contributed by atoms with Gasteiger partial charge in [-0.05, 0) is 6.07 Å². The monoisotopic (exact) mass is 241 g/mol. The molecule has 0 aliphatic carbocycles. The average molecular weight is 242 g/mol. The van der Waals surface area contributed by atoms with Gasteiger partial charge in [-0.3, -0.25) is 0 Å². The summed E-state index contributed by atoms with van der Waals surface area (Å²) in [5.41, 5.74) is 0.000880. The van der Waals surface area contributed by atoms with Gasteiger partial charge in [0.2, 0.25) is 0 Å². The van der Waals surface area contributed by atoms with Crippen molar-refractivity contribution in [3.8, 4) is 5.75 Å². The molecule has 1 aromatic rings. The van der Waals surface area contributed by atoms with Crippen LogP contribution in [0.4, 0.5) is 8.78 Å². The van der Waals surface area contributed by atoms with Crippen molar-refractivity contribution in [2.45, 2.75) is 12.3 Å². The fourth-order valence-corrected chi connectivity index (χ4v) is 1.38. The van der Waals surface area contributed by atoms with Crippen LogP contribution in [0.1, 0.15) is 17.7 Å². The molecular formula is C8H7Cl2F2NO. The van der Waals surface area contributed by atoms with Gasteiger partial charge in [-0.2, -0.15) is 0 Å². The van der Waals surface area contributed by atoms with E-state index in [1.807, 2.05) is 0 Å². The van der Waals surface area contributed by atoms with Crippen LogP contribution in [0.3, 0.4) is 0 Å². The molecule has 1 rings (SSSR count). The Balaban J connectivity index is 3.23. The first-order valence-electron chi connectivity index (χ1n) is 3.67. The van der Waals surface area contributed by atoms with Crippen molar-refractivity contribution in [1.82, 2.24) is 4.98 Å². The number of ether oxygens (including phenoxy) is 1. The number of rotatable bonds is 3. The molecule has 1 heterocycles. The van der Waals surface area contributed by atoms with Crippen LogP contribution >= 0.6 is 23.2 Å². The van der Waals surface area contributed by atoms with Crippen LogP contribution in [0, 0.1) is 0 Å². The quantitative estimate of drug-likeness (QED) is 0.598. The van der Waals surface area contributed by atoms with Crippen molar-refractivity contribution < 1.29 is 13.5 Å². The maximum Gasteiger partial charge on any atom is 0.266 e. The Bertz CT molecular complexity index is 333. The second-order valence-corrected chi connectivity index (χ2v) is 3.08. The predicted molar refractivity (Wildman–Crippen MR) is 50.3 cm³/mol. The fourth-order valence-electron chi connectivity index (χ4n) is 0.948. The van der Waals surface area contributed by atoms with E-state index < -0.39 is 6.43 Å². The molecule has 0 bridgehead atoms. The highest BCUT2D eigenvalue weighted by molar-refractivity contribution is 6.30. The summed E-state index contributed by atoms with van der Waals surface area (Å²) in [5, 5.41) is -0.239. The maximum absolute atomic E-state index is 12.4. The number of aromatic nitrogens is 1. The van der Waals surface area contributed by atoms with Gasteiger partial charge >= 0.3 is 0 Å². The van der Waals surface area contributed by atoms with Crippen LogP contribution in [0.25, 0.3) is 0 Å². The third-order valence-electron chi connectivity index (χ3n) is 1.62. The molecule has 14 heavy (non-hydrogen) atoms. The molecule has 0 fully saturated rings. The molecule has 0 spiro atoms. The molecule has 78 valence electrons. The molecule has 0 atom stereocenters. The molecule has 0 unspecified atom stereocenters. The highest BCUT2D eigenvalue weighted by Crippen LogP contribution is 2.31. The third-order valence-corrected chi connectivity index (χ3v) is 2.18. The van der Waals surface area contributed by atoms with Crippen molar-refractivity contribution in [1.29, 1.82) is 0 Å². The van der Waals surface area contributed by atoms with Crippen molar-refractivity contribution in [3.05, 3.63) is 22.5 Å². The van der Waals surface area contributed by atoms with Gasteiger partial charge in [-0.25, -0.2) is 13.8 Å². The molecule has 0 N–H and O–H groups in total. The molecular weight excluding hydrogens is 235 g/mol. The molecule has 1 aromatic heterocycles. The summed E-state index contributed by atoms with van der Waals surface area (Å²) >= 11 is 11.1. The SMILES string of the molecule is COc1cc(C(F)F)c(Cl)nc1CCl. The van der Waals surface area contributed by atoms with Crippen molar-refractivity contribution in [2.24, 2.45) is 0 Å². The summed E-state index contributed by atoms with van der Waals surface area (Å²) in [6.07, 6.45) is -2.67. The van der Waals surface area contributed by atoms with Crippen LogP contribution < -0.4 is 4.74 Å². The van der Waals surface area contributed by atoms with E-state index in [9.17, 15) is 8.78 Å². The highest BCUT2D eigenvalue weighted by Gasteiger charge is 2.17. The molecule has 0 aliphatic heterocycles. The second-order valence-electron chi connectivity index (χ2n) is 2.45. The number of pyridine rings is 1. The Hall–Kier alpha value is -0.610. The molecule has 0 saturated heterocycles. The lowest BCUT2D eigenvalue weighted by molar-refractivity contribution is 0.150. The van der Waals surface area contributed by atoms with Gasteiger partial charge in [0.15, 0.2) is 0 Å². The average Bonchev–Trinajstić information content (AvgIpc) is 2.16. The number of halogens is 4. The Labute approximate surface area is 89.8 Å². The van der Waals surface area contributed by atoms with E-state index in [2.05, 4.69) is 4.98 Å². The van der Waals surface area contributed by atoms with Gasteiger partial charge in [0.25, 0.3) is 6.43 Å². The van der Waals surface area contributed by atoms with E-state index in [0.29, 0.717) is 5.69 Å². The van der Waals surface area contributed by atoms with Crippen molar-refractivity contribution in [2.75, 3.05) is 7.11 Å². The Morgan fingerprint density at radius 2 is 2.21 bits per heavy atom. The number of hydrogen-bond donors (Lipinski definition) is 0. The van der Waals surface area contributed by atoms with Gasteiger partial charge < -0.3 is 4.74 Å². The van der Waals surface area contributed by atoms with E-state index in [0.717, 1.165) is 6.07 Å². The zero-order valence-corrected chi connectivity index (χ0v) is 8.74. The van der Waals surface area contributed by atoms with Crippen LogP contribution in [-0.2, 0) is 5.88 Å².